The van der Waals surface area contributed by atoms with E-state index in [2.05, 4.69) is 15.4 Å². The van der Waals surface area contributed by atoms with Gasteiger partial charge < -0.3 is 15.4 Å². The van der Waals surface area contributed by atoms with Crippen molar-refractivity contribution in [3.05, 3.63) is 34.9 Å². The van der Waals surface area contributed by atoms with E-state index in [0.29, 0.717) is 18.1 Å². The van der Waals surface area contributed by atoms with Crippen LogP contribution >= 0.6 is 23.8 Å². The lowest BCUT2D eigenvalue weighted by Crippen LogP contribution is -2.35. The number of hydrogen-bond donors (Lipinski definition) is 2. The van der Waals surface area contributed by atoms with Gasteiger partial charge in [-0.25, -0.2) is 0 Å². The van der Waals surface area contributed by atoms with E-state index >= 15 is 0 Å². The summed E-state index contributed by atoms with van der Waals surface area (Å²) in [5.41, 5.74) is 1.09. The van der Waals surface area contributed by atoms with Crippen molar-refractivity contribution in [3.8, 4) is 0 Å². The third-order valence-corrected chi connectivity index (χ3v) is 3.44. The number of ether oxygens (including phenoxy) is 1. The van der Waals surface area contributed by atoms with Gasteiger partial charge in [-0.2, -0.15) is 0 Å². The second kappa shape index (κ2) is 10.4. The first-order valence-corrected chi connectivity index (χ1v) is 7.73. The molecule has 0 unspecified atom stereocenters. The van der Waals surface area contributed by atoms with Crippen LogP contribution in [0, 0.1) is 0 Å². The van der Waals surface area contributed by atoms with Gasteiger partial charge in [-0.15, -0.1) is 0 Å². The SMILES string of the molecule is COC(=O)CCCCCNC(=S)NCc1cccc(Cl)c1. The van der Waals surface area contributed by atoms with E-state index in [1.54, 1.807) is 0 Å². The Bertz CT molecular complexity index is 469. The molecule has 1 rings (SSSR count). The van der Waals surface area contributed by atoms with Crippen LogP contribution in [0.25, 0.3) is 0 Å². The molecule has 0 saturated carbocycles. The fourth-order valence-electron chi connectivity index (χ4n) is 1.77. The number of rotatable bonds is 8. The van der Waals surface area contributed by atoms with Gasteiger partial charge in [-0.05, 0) is 42.8 Å². The molecule has 0 saturated heterocycles. The van der Waals surface area contributed by atoms with Crippen LogP contribution in [-0.2, 0) is 16.1 Å². The Kier molecular flexibility index (Phi) is 8.78. The molecule has 0 bridgehead atoms. The van der Waals surface area contributed by atoms with Crippen molar-refractivity contribution in [3.63, 3.8) is 0 Å². The Labute approximate surface area is 136 Å². The first-order chi connectivity index (χ1) is 10.1. The summed E-state index contributed by atoms with van der Waals surface area (Å²) < 4.78 is 4.58. The van der Waals surface area contributed by atoms with E-state index in [-0.39, 0.29) is 5.97 Å². The van der Waals surface area contributed by atoms with Crippen molar-refractivity contribution in [1.29, 1.82) is 0 Å². The topological polar surface area (TPSA) is 50.4 Å². The number of halogens is 1. The molecule has 116 valence electrons. The molecule has 0 heterocycles. The third-order valence-electron chi connectivity index (χ3n) is 2.91. The molecule has 2 N–H and O–H groups in total. The summed E-state index contributed by atoms with van der Waals surface area (Å²) in [6.07, 6.45) is 3.26. The maximum Gasteiger partial charge on any atom is 0.305 e. The number of carbonyl (C=O) groups excluding carboxylic acids is 1. The van der Waals surface area contributed by atoms with Gasteiger partial charge in [0.05, 0.1) is 7.11 Å². The van der Waals surface area contributed by atoms with Gasteiger partial charge in [0.25, 0.3) is 0 Å². The van der Waals surface area contributed by atoms with Gasteiger partial charge in [0.1, 0.15) is 0 Å². The summed E-state index contributed by atoms with van der Waals surface area (Å²) >= 11 is 11.1. The van der Waals surface area contributed by atoms with Crippen LogP contribution in [0.3, 0.4) is 0 Å². The Morgan fingerprint density at radius 1 is 1.29 bits per heavy atom. The van der Waals surface area contributed by atoms with Gasteiger partial charge in [-0.1, -0.05) is 30.2 Å². The molecular formula is C15H21ClN2O2S. The zero-order valence-electron chi connectivity index (χ0n) is 12.2. The van der Waals surface area contributed by atoms with E-state index in [1.807, 2.05) is 24.3 Å². The minimum absolute atomic E-state index is 0.151. The van der Waals surface area contributed by atoms with Gasteiger partial charge in [0, 0.05) is 24.5 Å². The summed E-state index contributed by atoms with van der Waals surface area (Å²) in [6, 6.07) is 7.66. The molecule has 0 aliphatic rings. The maximum absolute atomic E-state index is 10.9. The molecule has 0 amide bonds. The number of carbonyl (C=O) groups is 1. The number of thiocarbonyl (C=S) groups is 1. The first kappa shape index (κ1) is 17.7. The second-order valence-electron chi connectivity index (χ2n) is 4.63. The number of nitrogens with one attached hydrogen (secondary N) is 2. The van der Waals surface area contributed by atoms with Crippen LogP contribution in [0.4, 0.5) is 0 Å². The molecule has 0 fully saturated rings. The van der Waals surface area contributed by atoms with Gasteiger partial charge in [-0.3, -0.25) is 4.79 Å². The monoisotopic (exact) mass is 328 g/mol. The van der Waals surface area contributed by atoms with Gasteiger partial charge in [0.2, 0.25) is 0 Å². The summed E-state index contributed by atoms with van der Waals surface area (Å²) in [7, 11) is 1.41. The van der Waals surface area contributed by atoms with Crippen LogP contribution in [-0.4, -0.2) is 24.7 Å². The fourth-order valence-corrected chi connectivity index (χ4v) is 2.15. The van der Waals surface area contributed by atoms with Crippen molar-refractivity contribution in [1.82, 2.24) is 10.6 Å². The summed E-state index contributed by atoms with van der Waals surface area (Å²) in [5.74, 6) is -0.151. The quantitative estimate of drug-likeness (QED) is 0.436. The number of esters is 1. The molecule has 0 atom stereocenters. The average Bonchev–Trinajstić information content (AvgIpc) is 2.48. The van der Waals surface area contributed by atoms with Crippen LogP contribution in [0.1, 0.15) is 31.2 Å². The normalized spacial score (nSPS) is 10.0. The van der Waals surface area contributed by atoms with Crippen molar-refractivity contribution in [2.45, 2.75) is 32.2 Å². The average molecular weight is 329 g/mol. The third kappa shape index (κ3) is 8.52. The second-order valence-corrected chi connectivity index (χ2v) is 5.47. The minimum atomic E-state index is -0.151. The molecule has 4 nitrogen and oxygen atoms in total. The van der Waals surface area contributed by atoms with E-state index < -0.39 is 0 Å². The van der Waals surface area contributed by atoms with Gasteiger partial charge >= 0.3 is 5.97 Å². The summed E-state index contributed by atoms with van der Waals surface area (Å²) in [5, 5.41) is 7.62. The molecule has 21 heavy (non-hydrogen) atoms. The molecule has 0 aliphatic carbocycles. The summed E-state index contributed by atoms with van der Waals surface area (Å²) in [6.45, 7) is 1.44. The smallest absolute Gasteiger partial charge is 0.305 e. The van der Waals surface area contributed by atoms with E-state index in [0.717, 1.165) is 36.4 Å². The molecule has 0 aromatic heterocycles. The molecule has 0 aliphatic heterocycles. The molecule has 1 aromatic rings. The lowest BCUT2D eigenvalue weighted by Gasteiger charge is -2.10. The van der Waals surface area contributed by atoms with Crippen molar-refractivity contribution < 1.29 is 9.53 Å². The molecule has 1 aromatic carbocycles. The van der Waals surface area contributed by atoms with Crippen molar-refractivity contribution >= 4 is 34.9 Å². The first-order valence-electron chi connectivity index (χ1n) is 6.95. The highest BCUT2D eigenvalue weighted by Gasteiger charge is 2.00. The highest BCUT2D eigenvalue weighted by atomic mass is 35.5. The minimum Gasteiger partial charge on any atom is -0.469 e. The number of methoxy groups -OCH3 is 1. The maximum atomic E-state index is 10.9. The predicted molar refractivity (Wildman–Crippen MR) is 89.4 cm³/mol. The van der Waals surface area contributed by atoms with Crippen LogP contribution in [0.2, 0.25) is 5.02 Å². The Morgan fingerprint density at radius 3 is 2.81 bits per heavy atom. The van der Waals surface area contributed by atoms with E-state index in [4.69, 9.17) is 23.8 Å². The molecule has 6 heteroatoms. The molecule has 0 spiro atoms. The standard InChI is InChI=1S/C15H21ClN2O2S/c1-20-14(19)8-3-2-4-9-17-15(21)18-11-12-6-5-7-13(16)10-12/h5-7,10H,2-4,8-9,11H2,1H3,(H2,17,18,21). The number of unbranched alkanes of at least 4 members (excludes halogenated alkanes) is 2. The van der Waals surface area contributed by atoms with E-state index in [1.165, 1.54) is 7.11 Å². The highest BCUT2D eigenvalue weighted by molar-refractivity contribution is 7.80. The largest absolute Gasteiger partial charge is 0.469 e. The van der Waals surface area contributed by atoms with Crippen molar-refractivity contribution in [2.24, 2.45) is 0 Å². The lowest BCUT2D eigenvalue weighted by atomic mass is 10.2. The number of hydrogen-bond acceptors (Lipinski definition) is 3. The lowest BCUT2D eigenvalue weighted by molar-refractivity contribution is -0.140. The van der Waals surface area contributed by atoms with Crippen LogP contribution < -0.4 is 10.6 Å². The highest BCUT2D eigenvalue weighted by Crippen LogP contribution is 2.10. The summed E-state index contributed by atoms with van der Waals surface area (Å²) in [4.78, 5) is 10.9. The van der Waals surface area contributed by atoms with Crippen molar-refractivity contribution in [2.75, 3.05) is 13.7 Å². The Morgan fingerprint density at radius 2 is 2.10 bits per heavy atom. The zero-order valence-corrected chi connectivity index (χ0v) is 13.7. The fraction of sp³-hybridized carbons (Fsp3) is 0.467. The van der Waals surface area contributed by atoms with Crippen LogP contribution in [0.15, 0.2) is 24.3 Å². The molecular weight excluding hydrogens is 308 g/mol. The Balaban J connectivity index is 2.05. The molecule has 0 radical (unpaired) electrons. The van der Waals surface area contributed by atoms with Crippen LogP contribution in [0.5, 0.6) is 0 Å². The number of benzene rings is 1. The Hall–Kier alpha value is -1.33. The van der Waals surface area contributed by atoms with E-state index in [9.17, 15) is 4.79 Å². The van der Waals surface area contributed by atoms with Gasteiger partial charge in [0.15, 0.2) is 5.11 Å². The zero-order chi connectivity index (χ0) is 15.5. The predicted octanol–water partition coefficient (Wildman–Crippen LogP) is 3.04.